The first kappa shape index (κ1) is 36.2. The van der Waals surface area contributed by atoms with E-state index in [9.17, 15) is 19.6 Å². The summed E-state index contributed by atoms with van der Waals surface area (Å²) in [6.45, 7) is 12.6. The molecule has 2 saturated heterocycles. The topological polar surface area (TPSA) is 133 Å². The third kappa shape index (κ3) is 8.82. The van der Waals surface area contributed by atoms with Crippen molar-refractivity contribution in [3.8, 4) is 11.8 Å². The molecule has 3 heterocycles. The molecular formula is C39H51N7O5. The molecule has 1 unspecified atom stereocenters. The van der Waals surface area contributed by atoms with Crippen LogP contribution in [0.25, 0.3) is 11.0 Å². The normalized spacial score (nSPS) is 21.6. The van der Waals surface area contributed by atoms with E-state index in [1.165, 1.54) is 19.3 Å². The van der Waals surface area contributed by atoms with Crippen LogP contribution in [0.15, 0.2) is 42.5 Å². The average Bonchev–Trinajstić information content (AvgIpc) is 3.48. The lowest BCUT2D eigenvalue weighted by Crippen LogP contribution is -2.57. The van der Waals surface area contributed by atoms with E-state index in [1.807, 2.05) is 50.8 Å². The molecule has 51 heavy (non-hydrogen) atoms. The summed E-state index contributed by atoms with van der Waals surface area (Å²) in [4.78, 5) is 50.8. The van der Waals surface area contributed by atoms with Gasteiger partial charge in [-0.1, -0.05) is 6.42 Å². The highest BCUT2D eigenvalue weighted by atomic mass is 16.6. The number of imidazole rings is 1. The molecule has 3 fully saturated rings. The van der Waals surface area contributed by atoms with Gasteiger partial charge >= 0.3 is 6.09 Å². The van der Waals surface area contributed by atoms with Gasteiger partial charge in [0.2, 0.25) is 11.9 Å². The molecular weight excluding hydrogens is 646 g/mol. The number of likely N-dealkylation sites (tertiary alicyclic amines) is 1. The van der Waals surface area contributed by atoms with E-state index in [0.717, 1.165) is 49.3 Å². The Morgan fingerprint density at radius 2 is 1.69 bits per heavy atom. The van der Waals surface area contributed by atoms with Gasteiger partial charge in [0.15, 0.2) is 0 Å². The SMILES string of the molecule is CC1CN(C(=O)OC(C)(C)C)CCN1C(=O)C1CCC(n2c(NC(=O)c3ccc(C#N)cc3)nc3ccc(OCCN4CCCCC4)cc32)CC1. The van der Waals surface area contributed by atoms with E-state index in [4.69, 9.17) is 14.5 Å². The van der Waals surface area contributed by atoms with Crippen LogP contribution in [0.3, 0.4) is 0 Å². The monoisotopic (exact) mass is 697 g/mol. The highest BCUT2D eigenvalue weighted by molar-refractivity contribution is 6.04. The molecule has 6 rings (SSSR count). The van der Waals surface area contributed by atoms with Gasteiger partial charge in [-0.15, -0.1) is 0 Å². The Kier molecular flexibility index (Phi) is 11.2. The number of anilines is 1. The Morgan fingerprint density at radius 1 is 0.961 bits per heavy atom. The number of carbonyl (C=O) groups is 3. The van der Waals surface area contributed by atoms with Crippen molar-refractivity contribution < 1.29 is 23.9 Å². The third-order valence-corrected chi connectivity index (χ3v) is 10.3. The Morgan fingerprint density at radius 3 is 2.35 bits per heavy atom. The predicted molar refractivity (Wildman–Crippen MR) is 195 cm³/mol. The van der Waals surface area contributed by atoms with Crippen LogP contribution in [0.1, 0.15) is 94.6 Å². The van der Waals surface area contributed by atoms with Gasteiger partial charge in [0.25, 0.3) is 5.91 Å². The smallest absolute Gasteiger partial charge is 0.410 e. The Balaban J connectivity index is 1.16. The van der Waals surface area contributed by atoms with Crippen molar-refractivity contribution in [1.29, 1.82) is 5.26 Å². The molecule has 2 aromatic carbocycles. The summed E-state index contributed by atoms with van der Waals surface area (Å²) in [5.41, 5.74) is 1.98. The number of nitrogens with zero attached hydrogens (tertiary/aromatic N) is 6. The zero-order valence-electron chi connectivity index (χ0n) is 30.4. The predicted octanol–water partition coefficient (Wildman–Crippen LogP) is 6.22. The molecule has 3 aliphatic rings. The molecule has 272 valence electrons. The van der Waals surface area contributed by atoms with Gasteiger partial charge in [-0.05, 0) is 116 Å². The quantitative estimate of drug-likeness (QED) is 0.293. The molecule has 1 aromatic heterocycles. The van der Waals surface area contributed by atoms with E-state index in [0.29, 0.717) is 56.2 Å². The minimum absolute atomic E-state index is 0.0142. The largest absolute Gasteiger partial charge is 0.492 e. The van der Waals surface area contributed by atoms with Crippen LogP contribution in [0, 0.1) is 17.2 Å². The number of benzene rings is 2. The molecule has 1 atom stereocenters. The van der Waals surface area contributed by atoms with Crippen LogP contribution in [0.2, 0.25) is 0 Å². The second-order valence-corrected chi connectivity index (χ2v) is 15.2. The summed E-state index contributed by atoms with van der Waals surface area (Å²) < 4.78 is 13.9. The van der Waals surface area contributed by atoms with E-state index >= 15 is 0 Å². The van der Waals surface area contributed by atoms with Crippen molar-refractivity contribution in [2.75, 3.05) is 51.2 Å². The summed E-state index contributed by atoms with van der Waals surface area (Å²) >= 11 is 0. The number of ether oxygens (including phenoxy) is 2. The number of aromatic nitrogens is 2. The van der Waals surface area contributed by atoms with E-state index < -0.39 is 5.60 Å². The fourth-order valence-electron chi connectivity index (χ4n) is 7.56. The summed E-state index contributed by atoms with van der Waals surface area (Å²) in [7, 11) is 0. The van der Waals surface area contributed by atoms with Crippen molar-refractivity contribution in [2.45, 2.75) is 90.3 Å². The molecule has 0 spiro atoms. The Bertz CT molecular complexity index is 1740. The van der Waals surface area contributed by atoms with E-state index in [-0.39, 0.29) is 35.9 Å². The van der Waals surface area contributed by atoms with E-state index in [1.54, 1.807) is 29.2 Å². The van der Waals surface area contributed by atoms with E-state index in [2.05, 4.69) is 20.9 Å². The van der Waals surface area contributed by atoms with Crippen molar-refractivity contribution in [3.63, 3.8) is 0 Å². The third-order valence-electron chi connectivity index (χ3n) is 10.3. The first-order chi connectivity index (χ1) is 24.5. The Hall–Kier alpha value is -4.63. The number of hydrogen-bond donors (Lipinski definition) is 1. The van der Waals surface area contributed by atoms with Crippen LogP contribution < -0.4 is 10.1 Å². The maximum atomic E-state index is 13.8. The van der Waals surface area contributed by atoms with Crippen LogP contribution in [-0.2, 0) is 9.53 Å². The maximum Gasteiger partial charge on any atom is 0.410 e. The van der Waals surface area contributed by atoms with Gasteiger partial charge in [-0.3, -0.25) is 19.8 Å². The van der Waals surface area contributed by atoms with Crippen LogP contribution in [-0.4, -0.2) is 99.7 Å². The maximum absolute atomic E-state index is 13.8. The van der Waals surface area contributed by atoms with Crippen LogP contribution >= 0.6 is 0 Å². The molecule has 3 amide bonds. The summed E-state index contributed by atoms with van der Waals surface area (Å²) in [5, 5.41) is 12.2. The molecule has 1 N–H and O–H groups in total. The fourth-order valence-corrected chi connectivity index (χ4v) is 7.56. The molecule has 3 aromatic rings. The zero-order chi connectivity index (χ0) is 36.1. The van der Waals surface area contributed by atoms with Crippen molar-refractivity contribution in [3.05, 3.63) is 53.6 Å². The van der Waals surface area contributed by atoms with Crippen LogP contribution in [0.4, 0.5) is 10.7 Å². The molecule has 12 heteroatoms. The van der Waals surface area contributed by atoms with Gasteiger partial charge in [0, 0.05) is 55.8 Å². The molecule has 0 bridgehead atoms. The van der Waals surface area contributed by atoms with Crippen molar-refractivity contribution in [1.82, 2.24) is 24.3 Å². The number of amides is 3. The lowest BCUT2D eigenvalue weighted by Gasteiger charge is -2.42. The van der Waals surface area contributed by atoms with Gasteiger partial charge in [0.1, 0.15) is 18.0 Å². The number of nitriles is 1. The highest BCUT2D eigenvalue weighted by Crippen LogP contribution is 2.39. The second kappa shape index (κ2) is 15.7. The minimum atomic E-state index is -0.569. The average molecular weight is 698 g/mol. The summed E-state index contributed by atoms with van der Waals surface area (Å²) in [6, 6.07) is 14.4. The standard InChI is InChI=1S/C39H51N7O5/c1-27-26-44(38(49)51-39(2,3)4)20-21-45(27)36(48)30-12-14-31(15-13-30)46-34-24-32(50-23-22-43-18-6-5-7-19-43)16-17-33(34)41-37(46)42-35(47)29-10-8-28(25-40)9-11-29/h8-11,16-17,24,27,30-31H,5-7,12-15,18-23,26H2,1-4H3,(H,41,42,47). The van der Waals surface area contributed by atoms with Gasteiger partial charge < -0.3 is 23.8 Å². The number of rotatable bonds is 8. The Labute approximate surface area is 300 Å². The first-order valence-corrected chi connectivity index (χ1v) is 18.5. The molecule has 1 saturated carbocycles. The lowest BCUT2D eigenvalue weighted by molar-refractivity contribution is -0.141. The number of piperidine rings is 1. The van der Waals surface area contributed by atoms with Crippen molar-refractivity contribution in [2.24, 2.45) is 5.92 Å². The molecule has 0 radical (unpaired) electrons. The van der Waals surface area contributed by atoms with Crippen LogP contribution in [0.5, 0.6) is 5.75 Å². The second-order valence-electron chi connectivity index (χ2n) is 15.2. The highest BCUT2D eigenvalue weighted by Gasteiger charge is 2.37. The molecule has 12 nitrogen and oxygen atoms in total. The fraction of sp³-hybridized carbons (Fsp3) is 0.564. The lowest BCUT2D eigenvalue weighted by atomic mass is 9.84. The van der Waals surface area contributed by atoms with Gasteiger partial charge in [0.05, 0.1) is 22.7 Å². The number of hydrogen-bond acceptors (Lipinski definition) is 8. The number of piperazine rings is 1. The number of nitrogens with one attached hydrogen (secondary N) is 1. The van der Waals surface area contributed by atoms with Gasteiger partial charge in [-0.2, -0.15) is 5.26 Å². The first-order valence-electron chi connectivity index (χ1n) is 18.5. The van der Waals surface area contributed by atoms with Gasteiger partial charge in [-0.25, -0.2) is 9.78 Å². The number of fused-ring (bicyclic) bond motifs is 1. The summed E-state index contributed by atoms with van der Waals surface area (Å²) in [6.07, 6.45) is 6.33. The zero-order valence-corrected chi connectivity index (χ0v) is 30.4. The molecule has 2 aliphatic heterocycles. The van der Waals surface area contributed by atoms with Crippen molar-refractivity contribution >= 4 is 34.9 Å². The number of carbonyl (C=O) groups excluding carboxylic acids is 3. The molecule has 1 aliphatic carbocycles. The minimum Gasteiger partial charge on any atom is -0.492 e. The summed E-state index contributed by atoms with van der Waals surface area (Å²) in [5.74, 6) is 0.925.